The minimum atomic E-state index is -4.84. The number of aliphatic imine (C=N–C) groups is 1. The molecule has 1 aromatic rings. The Bertz CT molecular complexity index is 1160. The van der Waals surface area contributed by atoms with E-state index in [2.05, 4.69) is 10.3 Å². The number of hydrogen-bond acceptors (Lipinski definition) is 6. The number of piperidine rings is 1. The van der Waals surface area contributed by atoms with Crippen LogP contribution in [0.25, 0.3) is 0 Å². The third-order valence-corrected chi connectivity index (χ3v) is 7.73. The molecule has 1 saturated heterocycles. The van der Waals surface area contributed by atoms with Gasteiger partial charge in [-0.15, -0.1) is 0 Å². The Balaban J connectivity index is 1.42. The third kappa shape index (κ3) is 4.27. The van der Waals surface area contributed by atoms with Gasteiger partial charge < -0.3 is 15.3 Å². The van der Waals surface area contributed by atoms with Crippen LogP contribution in [0.4, 0.5) is 17.6 Å². The first kappa shape index (κ1) is 24.7. The Kier molecular flexibility index (Phi) is 5.89. The Morgan fingerprint density at radius 3 is 2.50 bits per heavy atom. The first-order valence-electron chi connectivity index (χ1n) is 12.2. The minimum absolute atomic E-state index is 0.248. The summed E-state index contributed by atoms with van der Waals surface area (Å²) in [5.74, 6) is -0.945. The monoisotopic (exact) mass is 507 g/mol. The van der Waals surface area contributed by atoms with Gasteiger partial charge in [0.1, 0.15) is 11.7 Å². The molecule has 11 heteroatoms. The van der Waals surface area contributed by atoms with Crippen molar-refractivity contribution in [3.05, 3.63) is 46.8 Å². The highest BCUT2D eigenvalue weighted by atomic mass is 19.4. The fourth-order valence-corrected chi connectivity index (χ4v) is 5.21. The smallest absolute Gasteiger partial charge is 0.390 e. The van der Waals surface area contributed by atoms with Gasteiger partial charge in [0.25, 0.3) is 5.91 Å². The quantitative estimate of drug-likeness (QED) is 0.611. The zero-order valence-electron chi connectivity index (χ0n) is 20.2. The largest absolute Gasteiger partial charge is 0.419 e. The maximum absolute atomic E-state index is 14.7. The molecule has 5 rings (SSSR count). The van der Waals surface area contributed by atoms with E-state index < -0.39 is 35.1 Å². The summed E-state index contributed by atoms with van der Waals surface area (Å²) >= 11 is 0. The number of hydrazone groups is 1. The second-order valence-electron chi connectivity index (χ2n) is 10.4. The maximum atomic E-state index is 14.7. The second kappa shape index (κ2) is 8.57. The van der Waals surface area contributed by atoms with Crippen LogP contribution in [0.2, 0.25) is 0 Å². The Hall–Kier alpha value is -2.95. The molecular weight excluding hydrogens is 478 g/mol. The van der Waals surface area contributed by atoms with Crippen LogP contribution in [0, 0.1) is 5.82 Å². The summed E-state index contributed by atoms with van der Waals surface area (Å²) in [7, 11) is 0. The lowest BCUT2D eigenvalue weighted by atomic mass is 9.76. The molecule has 4 aliphatic rings. The highest BCUT2D eigenvalue weighted by Crippen LogP contribution is 2.44. The number of amides is 1. The summed E-state index contributed by atoms with van der Waals surface area (Å²) in [5.41, 5.74) is -2.38. The van der Waals surface area contributed by atoms with Gasteiger partial charge in [-0.3, -0.25) is 9.79 Å². The van der Waals surface area contributed by atoms with Gasteiger partial charge in [0.2, 0.25) is 0 Å². The molecule has 1 aromatic carbocycles. The van der Waals surface area contributed by atoms with Gasteiger partial charge in [-0.05, 0) is 58.1 Å². The Morgan fingerprint density at radius 2 is 1.89 bits per heavy atom. The molecule has 3 heterocycles. The molecule has 1 spiro atoms. The van der Waals surface area contributed by atoms with Crippen molar-refractivity contribution in [3.63, 3.8) is 0 Å². The van der Waals surface area contributed by atoms with Crippen molar-refractivity contribution in [2.45, 2.75) is 69.3 Å². The topological polar surface area (TPSA) is 80.5 Å². The summed E-state index contributed by atoms with van der Waals surface area (Å²) in [5, 5.41) is 19.7. The summed E-state index contributed by atoms with van der Waals surface area (Å²) in [6.07, 6.45) is 0.735. The SMILES string of the molecule is C[C@@H](NC(=O)C1=CC(N2CCC(C)(O)CC2)=NN2C1=NCC21CCC1)c1cccc(C(F)(F)F)c1F. The molecule has 36 heavy (non-hydrogen) atoms. The van der Waals surface area contributed by atoms with E-state index >= 15 is 0 Å². The van der Waals surface area contributed by atoms with Crippen LogP contribution in [0.1, 0.15) is 63.1 Å². The van der Waals surface area contributed by atoms with E-state index in [1.165, 1.54) is 13.0 Å². The fraction of sp³-hybridized carbons (Fsp3) is 0.560. The Morgan fingerprint density at radius 1 is 1.19 bits per heavy atom. The average Bonchev–Trinajstić information content (AvgIpc) is 3.18. The Labute approximate surface area is 206 Å². The second-order valence-corrected chi connectivity index (χ2v) is 10.4. The molecule has 1 aliphatic carbocycles. The van der Waals surface area contributed by atoms with Crippen molar-refractivity contribution in [3.8, 4) is 0 Å². The number of nitrogens with one attached hydrogen (secondary N) is 1. The normalized spacial score (nSPS) is 23.4. The van der Waals surface area contributed by atoms with Crippen LogP contribution in [0.15, 0.2) is 39.9 Å². The molecule has 1 amide bonds. The lowest BCUT2D eigenvalue weighted by Crippen LogP contribution is -2.55. The third-order valence-electron chi connectivity index (χ3n) is 7.73. The number of amidine groups is 2. The number of halogens is 4. The van der Waals surface area contributed by atoms with Crippen molar-refractivity contribution in [2.75, 3.05) is 19.6 Å². The molecule has 194 valence electrons. The van der Waals surface area contributed by atoms with E-state index in [1.54, 1.807) is 13.0 Å². The average molecular weight is 508 g/mol. The van der Waals surface area contributed by atoms with E-state index in [0.29, 0.717) is 50.2 Å². The molecule has 0 unspecified atom stereocenters. The standard InChI is InChI=1S/C25H29F4N5O2/c1-15(16-5-3-6-18(20(16)26)25(27,28)29)31-22(35)17-13-19(33-11-9-23(2,36)10-12-33)32-34-21(17)30-14-24(34)7-4-8-24/h3,5-6,13,15,36H,4,7-12,14H2,1-2H3,(H,31,35)/t15-/m1/s1. The summed E-state index contributed by atoms with van der Waals surface area (Å²) in [6, 6.07) is 2.03. The van der Waals surface area contributed by atoms with Crippen LogP contribution in [0.5, 0.6) is 0 Å². The lowest BCUT2D eigenvalue weighted by molar-refractivity contribution is -0.140. The first-order chi connectivity index (χ1) is 16.9. The number of alkyl halides is 3. The van der Waals surface area contributed by atoms with E-state index in [9.17, 15) is 27.5 Å². The van der Waals surface area contributed by atoms with Crippen LogP contribution < -0.4 is 5.32 Å². The van der Waals surface area contributed by atoms with E-state index in [-0.39, 0.29) is 16.7 Å². The number of hydrogen-bond donors (Lipinski definition) is 2. The molecule has 1 saturated carbocycles. The molecule has 2 fully saturated rings. The van der Waals surface area contributed by atoms with E-state index in [1.807, 2.05) is 9.91 Å². The van der Waals surface area contributed by atoms with Crippen LogP contribution >= 0.6 is 0 Å². The number of nitrogens with zero attached hydrogens (tertiary/aromatic N) is 4. The summed E-state index contributed by atoms with van der Waals surface area (Å²) in [4.78, 5) is 20.0. The van der Waals surface area contributed by atoms with Crippen molar-refractivity contribution < 1.29 is 27.5 Å². The lowest BCUT2D eigenvalue weighted by Gasteiger charge is -2.46. The van der Waals surface area contributed by atoms with Crippen molar-refractivity contribution in [2.24, 2.45) is 10.1 Å². The van der Waals surface area contributed by atoms with Crippen molar-refractivity contribution in [1.82, 2.24) is 15.2 Å². The van der Waals surface area contributed by atoms with Gasteiger partial charge in [-0.2, -0.15) is 18.3 Å². The first-order valence-corrected chi connectivity index (χ1v) is 12.2. The van der Waals surface area contributed by atoms with Gasteiger partial charge in [0, 0.05) is 18.7 Å². The van der Waals surface area contributed by atoms with Crippen LogP contribution in [-0.4, -0.2) is 63.4 Å². The van der Waals surface area contributed by atoms with Gasteiger partial charge in [0.15, 0.2) is 5.84 Å². The highest BCUT2D eigenvalue weighted by molar-refractivity contribution is 6.26. The molecule has 3 aliphatic heterocycles. The number of likely N-dealkylation sites (tertiary alicyclic amines) is 1. The number of fused-ring (bicyclic) bond motifs is 2. The fourth-order valence-electron chi connectivity index (χ4n) is 5.21. The zero-order chi connectivity index (χ0) is 25.9. The predicted molar refractivity (Wildman–Crippen MR) is 126 cm³/mol. The number of aliphatic hydroxyl groups is 1. The van der Waals surface area contributed by atoms with Crippen molar-refractivity contribution >= 4 is 17.6 Å². The van der Waals surface area contributed by atoms with Gasteiger partial charge in [-0.25, -0.2) is 9.40 Å². The van der Waals surface area contributed by atoms with E-state index in [4.69, 9.17) is 5.10 Å². The molecule has 0 aromatic heterocycles. The predicted octanol–water partition coefficient (Wildman–Crippen LogP) is 3.76. The molecule has 0 radical (unpaired) electrons. The number of carbonyl (C=O) groups excluding carboxylic acids is 1. The highest BCUT2D eigenvalue weighted by Gasteiger charge is 2.51. The zero-order valence-corrected chi connectivity index (χ0v) is 20.2. The number of carbonyl (C=O) groups is 1. The van der Waals surface area contributed by atoms with Crippen LogP contribution in [0.3, 0.4) is 0 Å². The number of rotatable bonds is 3. The van der Waals surface area contributed by atoms with Gasteiger partial charge in [-0.1, -0.05) is 12.1 Å². The minimum Gasteiger partial charge on any atom is -0.390 e. The molecule has 1 atom stereocenters. The molecule has 2 N–H and O–H groups in total. The maximum Gasteiger partial charge on any atom is 0.419 e. The number of benzene rings is 1. The molecular formula is C25H29F4N5O2. The van der Waals surface area contributed by atoms with E-state index in [0.717, 1.165) is 25.3 Å². The molecule has 0 bridgehead atoms. The summed E-state index contributed by atoms with van der Waals surface area (Å²) in [6.45, 7) is 4.89. The summed E-state index contributed by atoms with van der Waals surface area (Å²) < 4.78 is 54.2. The van der Waals surface area contributed by atoms with Gasteiger partial charge >= 0.3 is 6.18 Å². The van der Waals surface area contributed by atoms with Gasteiger partial charge in [0.05, 0.1) is 34.9 Å². The van der Waals surface area contributed by atoms with Crippen LogP contribution in [-0.2, 0) is 11.0 Å². The molecule has 7 nitrogen and oxygen atoms in total. The van der Waals surface area contributed by atoms with Crippen molar-refractivity contribution in [1.29, 1.82) is 0 Å².